The number of halogens is 3. The lowest BCUT2D eigenvalue weighted by molar-refractivity contribution is 0.171. The van der Waals surface area contributed by atoms with Crippen LogP contribution in [0.5, 0.6) is 11.5 Å². The number of anilines is 1. The molecule has 0 amide bonds. The van der Waals surface area contributed by atoms with Gasteiger partial charge in [0.2, 0.25) is 0 Å². The van der Waals surface area contributed by atoms with E-state index in [0.29, 0.717) is 35.4 Å². The molecule has 0 bridgehead atoms. The largest absolute Gasteiger partial charge is 0.486 e. The van der Waals surface area contributed by atoms with Crippen molar-refractivity contribution in [1.82, 2.24) is 0 Å². The molecule has 1 aliphatic rings. The normalized spacial score (nSPS) is 13.1. The highest BCUT2D eigenvalue weighted by atomic mass is 35.5. The standard InChI is InChI=1S/C15H12ClF2NO2/c16-11-6-14-15(21-4-3-20-14)7-13(11)19-8-9-5-10(17)1-2-12(9)18/h1-2,5-7,19H,3-4,8H2. The van der Waals surface area contributed by atoms with Crippen molar-refractivity contribution in [2.75, 3.05) is 18.5 Å². The van der Waals surface area contributed by atoms with E-state index in [1.54, 1.807) is 12.1 Å². The molecule has 1 N–H and O–H groups in total. The summed E-state index contributed by atoms with van der Waals surface area (Å²) in [6, 6.07) is 6.65. The van der Waals surface area contributed by atoms with Crippen molar-refractivity contribution in [2.24, 2.45) is 0 Å². The van der Waals surface area contributed by atoms with Gasteiger partial charge in [0.25, 0.3) is 0 Å². The molecule has 2 aromatic rings. The van der Waals surface area contributed by atoms with E-state index in [9.17, 15) is 8.78 Å². The number of hydrogen-bond acceptors (Lipinski definition) is 3. The van der Waals surface area contributed by atoms with Crippen LogP contribution in [-0.2, 0) is 6.54 Å². The molecule has 2 aromatic carbocycles. The summed E-state index contributed by atoms with van der Waals surface area (Å²) in [5.41, 5.74) is 0.797. The van der Waals surface area contributed by atoms with Crippen molar-refractivity contribution in [3.63, 3.8) is 0 Å². The van der Waals surface area contributed by atoms with Gasteiger partial charge in [-0.1, -0.05) is 11.6 Å². The van der Waals surface area contributed by atoms with Crippen LogP contribution in [0.25, 0.3) is 0 Å². The van der Waals surface area contributed by atoms with Crippen molar-refractivity contribution >= 4 is 17.3 Å². The fourth-order valence-electron chi connectivity index (χ4n) is 2.07. The maximum atomic E-state index is 13.6. The van der Waals surface area contributed by atoms with E-state index in [-0.39, 0.29) is 12.1 Å². The number of benzene rings is 2. The number of fused-ring (bicyclic) bond motifs is 1. The Balaban J connectivity index is 1.80. The van der Waals surface area contributed by atoms with Gasteiger partial charge in [0.15, 0.2) is 11.5 Å². The minimum atomic E-state index is -0.485. The zero-order valence-corrected chi connectivity index (χ0v) is 11.7. The summed E-state index contributed by atoms with van der Waals surface area (Å²) >= 11 is 6.13. The number of nitrogens with one attached hydrogen (secondary N) is 1. The summed E-state index contributed by atoms with van der Waals surface area (Å²) in [7, 11) is 0. The lowest BCUT2D eigenvalue weighted by Crippen LogP contribution is -2.15. The van der Waals surface area contributed by atoms with E-state index in [1.165, 1.54) is 0 Å². The van der Waals surface area contributed by atoms with Gasteiger partial charge >= 0.3 is 0 Å². The van der Waals surface area contributed by atoms with Crippen molar-refractivity contribution in [3.8, 4) is 11.5 Å². The first kappa shape index (κ1) is 13.9. The Labute approximate surface area is 125 Å². The van der Waals surface area contributed by atoms with E-state index < -0.39 is 11.6 Å². The smallest absolute Gasteiger partial charge is 0.163 e. The molecule has 0 spiro atoms. The molecule has 0 saturated heterocycles. The van der Waals surface area contributed by atoms with E-state index in [2.05, 4.69) is 5.32 Å². The second-order valence-corrected chi connectivity index (χ2v) is 4.97. The van der Waals surface area contributed by atoms with Crippen LogP contribution in [0.4, 0.5) is 14.5 Å². The van der Waals surface area contributed by atoms with Crippen molar-refractivity contribution in [2.45, 2.75) is 6.54 Å². The van der Waals surface area contributed by atoms with Gasteiger partial charge in [-0.05, 0) is 18.2 Å². The van der Waals surface area contributed by atoms with Gasteiger partial charge in [0.05, 0.1) is 10.7 Å². The maximum absolute atomic E-state index is 13.6. The number of rotatable bonds is 3. The molecule has 110 valence electrons. The highest BCUT2D eigenvalue weighted by molar-refractivity contribution is 6.33. The van der Waals surface area contributed by atoms with Gasteiger partial charge in [0, 0.05) is 24.2 Å². The Morgan fingerprint density at radius 3 is 2.52 bits per heavy atom. The number of hydrogen-bond donors (Lipinski definition) is 1. The van der Waals surface area contributed by atoms with Crippen LogP contribution in [0.15, 0.2) is 30.3 Å². The van der Waals surface area contributed by atoms with Crippen LogP contribution in [0.3, 0.4) is 0 Å². The molecule has 0 atom stereocenters. The Kier molecular flexibility index (Phi) is 3.84. The Hall–Kier alpha value is -2.01. The minimum Gasteiger partial charge on any atom is -0.486 e. The molecule has 0 aliphatic carbocycles. The molecule has 1 aliphatic heterocycles. The fraction of sp³-hybridized carbons (Fsp3) is 0.200. The molecule has 3 nitrogen and oxygen atoms in total. The van der Waals surface area contributed by atoms with Crippen molar-refractivity contribution < 1.29 is 18.3 Å². The molecule has 3 rings (SSSR count). The molecule has 6 heteroatoms. The summed E-state index contributed by atoms with van der Waals surface area (Å²) in [5, 5.41) is 3.40. The first-order chi connectivity index (χ1) is 10.1. The topological polar surface area (TPSA) is 30.5 Å². The first-order valence-corrected chi connectivity index (χ1v) is 6.78. The van der Waals surface area contributed by atoms with Gasteiger partial charge in [-0.25, -0.2) is 8.78 Å². The van der Waals surface area contributed by atoms with Gasteiger partial charge in [-0.3, -0.25) is 0 Å². The quantitative estimate of drug-likeness (QED) is 0.929. The highest BCUT2D eigenvalue weighted by Gasteiger charge is 2.15. The average Bonchev–Trinajstić information content (AvgIpc) is 2.48. The maximum Gasteiger partial charge on any atom is 0.163 e. The fourth-order valence-corrected chi connectivity index (χ4v) is 2.29. The number of ether oxygens (including phenoxy) is 2. The summed E-state index contributed by atoms with van der Waals surface area (Å²) in [4.78, 5) is 0. The van der Waals surface area contributed by atoms with Crippen molar-refractivity contribution in [1.29, 1.82) is 0 Å². The van der Waals surface area contributed by atoms with E-state index in [0.717, 1.165) is 18.2 Å². The van der Waals surface area contributed by atoms with Crippen molar-refractivity contribution in [3.05, 3.63) is 52.6 Å². The minimum absolute atomic E-state index is 0.114. The first-order valence-electron chi connectivity index (χ1n) is 6.40. The van der Waals surface area contributed by atoms with Gasteiger partial charge in [0.1, 0.15) is 24.8 Å². The van der Waals surface area contributed by atoms with E-state index in [1.807, 2.05) is 0 Å². The molecule has 0 aromatic heterocycles. The van der Waals surface area contributed by atoms with Crippen LogP contribution >= 0.6 is 11.6 Å². The summed E-state index contributed by atoms with van der Waals surface area (Å²) < 4.78 is 37.5. The molecular formula is C15H12ClF2NO2. The second-order valence-electron chi connectivity index (χ2n) is 4.56. The predicted molar refractivity (Wildman–Crippen MR) is 76.1 cm³/mol. The molecule has 0 radical (unpaired) electrons. The second kappa shape index (κ2) is 5.77. The summed E-state index contributed by atoms with van der Waals surface area (Å²) in [6.07, 6.45) is 0. The zero-order valence-electron chi connectivity index (χ0n) is 11.0. The van der Waals surface area contributed by atoms with Crippen LogP contribution in [0.2, 0.25) is 5.02 Å². The Morgan fingerprint density at radius 2 is 1.76 bits per heavy atom. The summed E-state index contributed by atoms with van der Waals surface area (Å²) in [6.45, 7) is 1.06. The third-order valence-corrected chi connectivity index (χ3v) is 3.42. The average molecular weight is 312 g/mol. The third-order valence-electron chi connectivity index (χ3n) is 3.11. The predicted octanol–water partition coefficient (Wildman–Crippen LogP) is 4.00. The SMILES string of the molecule is Fc1ccc(F)c(CNc2cc3c(cc2Cl)OCCO3)c1. The van der Waals surface area contributed by atoms with Gasteiger partial charge < -0.3 is 14.8 Å². The Morgan fingerprint density at radius 1 is 1.05 bits per heavy atom. The van der Waals surface area contributed by atoms with Crippen LogP contribution in [0.1, 0.15) is 5.56 Å². The molecule has 0 saturated carbocycles. The lowest BCUT2D eigenvalue weighted by atomic mass is 10.2. The van der Waals surface area contributed by atoms with Crippen LogP contribution < -0.4 is 14.8 Å². The molecule has 0 unspecified atom stereocenters. The molecule has 0 fully saturated rings. The summed E-state index contributed by atoms with van der Waals surface area (Å²) in [5.74, 6) is 0.195. The third kappa shape index (κ3) is 3.03. The zero-order chi connectivity index (χ0) is 14.8. The highest BCUT2D eigenvalue weighted by Crippen LogP contribution is 2.38. The molecular weight excluding hydrogens is 300 g/mol. The van der Waals surface area contributed by atoms with E-state index in [4.69, 9.17) is 21.1 Å². The monoisotopic (exact) mass is 311 g/mol. The van der Waals surface area contributed by atoms with Crippen LogP contribution in [-0.4, -0.2) is 13.2 Å². The van der Waals surface area contributed by atoms with Crippen LogP contribution in [0, 0.1) is 11.6 Å². The lowest BCUT2D eigenvalue weighted by Gasteiger charge is -2.20. The Bertz CT molecular complexity index is 679. The van der Waals surface area contributed by atoms with E-state index >= 15 is 0 Å². The molecule has 21 heavy (non-hydrogen) atoms. The molecule has 1 heterocycles. The van der Waals surface area contributed by atoms with Gasteiger partial charge in [-0.2, -0.15) is 0 Å². The van der Waals surface area contributed by atoms with Gasteiger partial charge in [-0.15, -0.1) is 0 Å².